The van der Waals surface area contributed by atoms with Gasteiger partial charge in [-0.05, 0) is 104 Å². The molecule has 0 unspecified atom stereocenters. The smallest absolute Gasteiger partial charge is 0.399 e. The summed E-state index contributed by atoms with van der Waals surface area (Å²) >= 11 is 0. The highest BCUT2D eigenvalue weighted by atomic mass is 16.7. The molecule has 1 aliphatic carbocycles. The second-order valence-corrected chi connectivity index (χ2v) is 16.3. The Hall–Kier alpha value is -4.90. The first-order chi connectivity index (χ1) is 25.7. The van der Waals surface area contributed by atoms with Crippen LogP contribution in [-0.4, -0.2) is 18.3 Å². The summed E-state index contributed by atoms with van der Waals surface area (Å²) in [5.41, 5.74) is 11.3. The quantitative estimate of drug-likeness (QED) is 0.162. The minimum absolute atomic E-state index is 0.0290. The monoisotopic (exact) mass is 693 g/mol. The average molecular weight is 694 g/mol. The van der Waals surface area contributed by atoms with Gasteiger partial charge in [0.1, 0.15) is 0 Å². The molecule has 6 aromatic carbocycles. The van der Waals surface area contributed by atoms with Crippen LogP contribution in [0, 0.1) is 0 Å². The molecular formula is C49H48BNO2. The Kier molecular flexibility index (Phi) is 8.25. The summed E-state index contributed by atoms with van der Waals surface area (Å²) in [6.07, 6.45) is 6.05. The largest absolute Gasteiger partial charge is 0.494 e. The number of anilines is 3. The van der Waals surface area contributed by atoms with Crippen molar-refractivity contribution in [1.82, 2.24) is 0 Å². The molecule has 0 atom stereocenters. The molecule has 6 aromatic rings. The van der Waals surface area contributed by atoms with Crippen LogP contribution >= 0.6 is 0 Å². The van der Waals surface area contributed by atoms with E-state index in [9.17, 15) is 0 Å². The number of benzene rings is 6. The maximum Gasteiger partial charge on any atom is 0.494 e. The molecule has 1 saturated carbocycles. The molecule has 2 fully saturated rings. The van der Waals surface area contributed by atoms with Gasteiger partial charge in [0.05, 0.1) is 28.0 Å². The lowest BCUT2D eigenvalue weighted by molar-refractivity contribution is 0.00578. The van der Waals surface area contributed by atoms with Crippen molar-refractivity contribution < 1.29 is 9.31 Å². The van der Waals surface area contributed by atoms with E-state index in [4.69, 9.17) is 9.31 Å². The molecule has 3 nitrogen and oxygen atoms in total. The lowest BCUT2D eigenvalue weighted by Crippen LogP contribution is -2.41. The summed E-state index contributed by atoms with van der Waals surface area (Å²) in [6.45, 7) is 8.47. The summed E-state index contributed by atoms with van der Waals surface area (Å²) < 4.78 is 12.8. The van der Waals surface area contributed by atoms with E-state index in [0.717, 1.165) is 18.3 Å². The fourth-order valence-corrected chi connectivity index (χ4v) is 9.46. The van der Waals surface area contributed by atoms with Crippen LogP contribution < -0.4 is 10.4 Å². The minimum Gasteiger partial charge on any atom is -0.399 e. The van der Waals surface area contributed by atoms with Crippen molar-refractivity contribution in [2.24, 2.45) is 0 Å². The van der Waals surface area contributed by atoms with E-state index in [1.807, 2.05) is 0 Å². The molecular weight excluding hydrogens is 645 g/mol. The summed E-state index contributed by atoms with van der Waals surface area (Å²) in [5, 5.41) is 0. The van der Waals surface area contributed by atoms with Crippen LogP contribution in [0.2, 0.25) is 0 Å². The topological polar surface area (TPSA) is 21.7 Å². The zero-order valence-electron chi connectivity index (χ0n) is 31.4. The SMILES string of the molecule is CC1(C)OB(c2ccc(C3(c4ccc(N5c6ccccc6C(c6ccccc6)(c6ccccc6)c6ccccc65)cc4)CCCCC3)cc2)OC1(C)C. The van der Waals surface area contributed by atoms with Crippen LogP contribution in [0.15, 0.2) is 158 Å². The standard InChI is InChI=1S/C49H48BNO2/c1-46(2)47(3,4)53-50(52-46)40-30-26-36(27-31-40)48(34-16-7-17-35-48)37-28-32-41(33-29-37)51-44-24-14-12-22-42(44)49(38-18-8-5-9-19-38,39-20-10-6-11-21-39)43-23-13-15-25-45(43)51/h5-6,8-15,18-33H,7,16-17,34-35H2,1-4H3. The Bertz CT molecular complexity index is 2120. The van der Waals surface area contributed by atoms with Crippen molar-refractivity contribution in [2.45, 2.75) is 81.8 Å². The fraction of sp³-hybridized carbons (Fsp3) is 0.265. The number of hydrogen-bond donors (Lipinski definition) is 0. The van der Waals surface area contributed by atoms with E-state index >= 15 is 0 Å². The Labute approximate surface area is 315 Å². The highest BCUT2D eigenvalue weighted by Gasteiger charge is 2.52. The third kappa shape index (κ3) is 5.33. The summed E-state index contributed by atoms with van der Waals surface area (Å²) in [4.78, 5) is 2.48. The molecule has 4 heteroatoms. The molecule has 0 aromatic heterocycles. The molecule has 0 bridgehead atoms. The molecule has 0 spiro atoms. The molecule has 264 valence electrons. The van der Waals surface area contributed by atoms with E-state index in [1.165, 1.54) is 69.7 Å². The van der Waals surface area contributed by atoms with Crippen molar-refractivity contribution in [3.05, 3.63) is 191 Å². The summed E-state index contributed by atoms with van der Waals surface area (Å²) in [5.74, 6) is 0. The lowest BCUT2D eigenvalue weighted by Gasteiger charge is -2.46. The second-order valence-electron chi connectivity index (χ2n) is 16.3. The third-order valence-corrected chi connectivity index (χ3v) is 12.9. The van der Waals surface area contributed by atoms with Crippen molar-refractivity contribution in [3.63, 3.8) is 0 Å². The predicted molar refractivity (Wildman–Crippen MR) is 219 cm³/mol. The Balaban J connectivity index is 1.13. The van der Waals surface area contributed by atoms with Crippen LogP contribution in [0.3, 0.4) is 0 Å². The van der Waals surface area contributed by atoms with Crippen LogP contribution in [0.4, 0.5) is 17.1 Å². The van der Waals surface area contributed by atoms with Gasteiger partial charge in [-0.3, -0.25) is 0 Å². The van der Waals surface area contributed by atoms with Gasteiger partial charge in [-0.1, -0.05) is 153 Å². The first-order valence-electron chi connectivity index (χ1n) is 19.4. The summed E-state index contributed by atoms with van der Waals surface area (Å²) in [7, 11) is -0.353. The maximum absolute atomic E-state index is 6.40. The van der Waals surface area contributed by atoms with E-state index in [2.05, 4.69) is 190 Å². The lowest BCUT2D eigenvalue weighted by atomic mass is 9.62. The number of nitrogens with zero attached hydrogens (tertiary/aromatic N) is 1. The van der Waals surface area contributed by atoms with Crippen LogP contribution in [0.5, 0.6) is 0 Å². The van der Waals surface area contributed by atoms with Crippen LogP contribution in [0.25, 0.3) is 0 Å². The van der Waals surface area contributed by atoms with Gasteiger partial charge in [-0.15, -0.1) is 0 Å². The minimum atomic E-state index is -0.468. The molecule has 1 saturated heterocycles. The molecule has 2 heterocycles. The molecule has 9 rings (SSSR count). The first kappa shape index (κ1) is 33.9. The van der Waals surface area contributed by atoms with Gasteiger partial charge in [0.15, 0.2) is 0 Å². The molecule has 3 aliphatic rings. The molecule has 2 aliphatic heterocycles. The van der Waals surface area contributed by atoms with Gasteiger partial charge in [0, 0.05) is 11.1 Å². The van der Waals surface area contributed by atoms with Gasteiger partial charge in [-0.2, -0.15) is 0 Å². The zero-order valence-corrected chi connectivity index (χ0v) is 31.4. The average Bonchev–Trinajstić information content (AvgIpc) is 3.43. The first-order valence-corrected chi connectivity index (χ1v) is 19.4. The molecule has 53 heavy (non-hydrogen) atoms. The Morgan fingerprint density at radius 3 is 1.38 bits per heavy atom. The Morgan fingerprint density at radius 2 is 0.887 bits per heavy atom. The molecule has 0 N–H and O–H groups in total. The molecule has 0 radical (unpaired) electrons. The van der Waals surface area contributed by atoms with Crippen LogP contribution in [0.1, 0.15) is 93.2 Å². The van der Waals surface area contributed by atoms with Gasteiger partial charge in [0.2, 0.25) is 0 Å². The number of fused-ring (bicyclic) bond motifs is 2. The third-order valence-electron chi connectivity index (χ3n) is 12.9. The number of para-hydroxylation sites is 2. The molecule has 0 amide bonds. The van der Waals surface area contributed by atoms with E-state index in [0.29, 0.717) is 0 Å². The van der Waals surface area contributed by atoms with Gasteiger partial charge >= 0.3 is 7.12 Å². The van der Waals surface area contributed by atoms with E-state index in [-0.39, 0.29) is 23.7 Å². The van der Waals surface area contributed by atoms with Crippen molar-refractivity contribution in [2.75, 3.05) is 4.90 Å². The van der Waals surface area contributed by atoms with Gasteiger partial charge < -0.3 is 14.2 Å². The van der Waals surface area contributed by atoms with E-state index < -0.39 is 5.41 Å². The zero-order chi connectivity index (χ0) is 36.3. The normalized spacial score (nSPS) is 19.3. The fourth-order valence-electron chi connectivity index (χ4n) is 9.46. The highest BCUT2D eigenvalue weighted by molar-refractivity contribution is 6.62. The van der Waals surface area contributed by atoms with Gasteiger partial charge in [-0.25, -0.2) is 0 Å². The van der Waals surface area contributed by atoms with Crippen molar-refractivity contribution >= 4 is 29.6 Å². The van der Waals surface area contributed by atoms with Gasteiger partial charge in [0.25, 0.3) is 0 Å². The highest BCUT2D eigenvalue weighted by Crippen LogP contribution is 2.57. The van der Waals surface area contributed by atoms with E-state index in [1.54, 1.807) is 0 Å². The summed E-state index contributed by atoms with van der Waals surface area (Å²) in [6, 6.07) is 58.7. The van der Waals surface area contributed by atoms with Crippen LogP contribution in [-0.2, 0) is 20.1 Å². The predicted octanol–water partition coefficient (Wildman–Crippen LogP) is 11.4. The van der Waals surface area contributed by atoms with Crippen molar-refractivity contribution in [3.8, 4) is 0 Å². The second kappa shape index (κ2) is 12.9. The number of hydrogen-bond acceptors (Lipinski definition) is 3. The number of rotatable bonds is 6. The van der Waals surface area contributed by atoms with Crippen molar-refractivity contribution in [1.29, 1.82) is 0 Å². The maximum atomic E-state index is 6.40. The Morgan fingerprint density at radius 1 is 0.453 bits per heavy atom.